The summed E-state index contributed by atoms with van der Waals surface area (Å²) in [6.45, 7) is -0.153. The molecular formula is C20H20N2O4S. The Morgan fingerprint density at radius 2 is 1.74 bits per heavy atom. The number of hydrogen-bond acceptors (Lipinski definition) is 4. The zero-order chi connectivity index (χ0) is 19.4. The smallest absolute Gasteiger partial charge is 0.262 e. The maximum Gasteiger partial charge on any atom is 0.262 e. The summed E-state index contributed by atoms with van der Waals surface area (Å²) in [7, 11) is -1.91. The Balaban J connectivity index is 1.68. The van der Waals surface area contributed by atoms with Gasteiger partial charge in [0.2, 0.25) is 10.0 Å². The summed E-state index contributed by atoms with van der Waals surface area (Å²) < 4.78 is 30.1. The van der Waals surface area contributed by atoms with E-state index in [4.69, 9.17) is 4.74 Å². The predicted molar refractivity (Wildman–Crippen MR) is 108 cm³/mol. The third-order valence-electron chi connectivity index (χ3n) is 4.10. The van der Waals surface area contributed by atoms with E-state index in [0.29, 0.717) is 17.1 Å². The van der Waals surface area contributed by atoms with Gasteiger partial charge in [0.15, 0.2) is 6.61 Å². The van der Waals surface area contributed by atoms with Crippen molar-refractivity contribution in [3.63, 3.8) is 0 Å². The lowest BCUT2D eigenvalue weighted by molar-refractivity contribution is -0.118. The topological polar surface area (TPSA) is 75.7 Å². The Kier molecular flexibility index (Phi) is 5.32. The van der Waals surface area contributed by atoms with Crippen molar-refractivity contribution in [2.75, 3.05) is 29.5 Å². The van der Waals surface area contributed by atoms with Gasteiger partial charge < -0.3 is 10.1 Å². The van der Waals surface area contributed by atoms with E-state index in [-0.39, 0.29) is 12.5 Å². The van der Waals surface area contributed by atoms with Crippen LogP contribution in [0.2, 0.25) is 0 Å². The number of anilines is 2. The van der Waals surface area contributed by atoms with Gasteiger partial charge in [0.05, 0.1) is 11.9 Å². The third kappa shape index (κ3) is 4.57. The van der Waals surface area contributed by atoms with Gasteiger partial charge in [-0.15, -0.1) is 0 Å². The van der Waals surface area contributed by atoms with E-state index in [1.54, 1.807) is 24.3 Å². The molecule has 0 heterocycles. The molecule has 3 rings (SSSR count). The molecule has 3 aromatic rings. The molecule has 0 fully saturated rings. The minimum atomic E-state index is -3.37. The molecule has 0 aliphatic carbocycles. The van der Waals surface area contributed by atoms with Gasteiger partial charge in [0, 0.05) is 18.1 Å². The molecule has 0 aliphatic heterocycles. The van der Waals surface area contributed by atoms with Crippen LogP contribution in [-0.2, 0) is 14.8 Å². The monoisotopic (exact) mass is 384 g/mol. The zero-order valence-corrected chi connectivity index (χ0v) is 15.9. The average Bonchev–Trinajstić information content (AvgIpc) is 2.65. The van der Waals surface area contributed by atoms with E-state index in [2.05, 4.69) is 5.32 Å². The molecule has 1 amide bonds. The molecule has 0 aromatic heterocycles. The molecule has 0 atom stereocenters. The minimum absolute atomic E-state index is 0.153. The van der Waals surface area contributed by atoms with Crippen molar-refractivity contribution in [2.45, 2.75) is 0 Å². The summed E-state index contributed by atoms with van der Waals surface area (Å²) in [5.41, 5.74) is 0.958. The normalized spacial score (nSPS) is 11.2. The molecular weight excluding hydrogens is 364 g/mol. The van der Waals surface area contributed by atoms with Crippen molar-refractivity contribution in [1.29, 1.82) is 0 Å². The lowest BCUT2D eigenvalue weighted by Gasteiger charge is -2.17. The second kappa shape index (κ2) is 7.67. The van der Waals surface area contributed by atoms with E-state index in [9.17, 15) is 13.2 Å². The maximum atomic E-state index is 12.2. The fourth-order valence-electron chi connectivity index (χ4n) is 2.63. The van der Waals surface area contributed by atoms with E-state index in [1.807, 2.05) is 42.5 Å². The largest absolute Gasteiger partial charge is 0.483 e. The molecule has 0 unspecified atom stereocenters. The van der Waals surface area contributed by atoms with Gasteiger partial charge in [-0.05, 0) is 29.7 Å². The van der Waals surface area contributed by atoms with Crippen LogP contribution in [0.25, 0.3) is 10.8 Å². The molecule has 0 spiro atoms. The Hall–Kier alpha value is -3.06. The Morgan fingerprint density at radius 3 is 2.52 bits per heavy atom. The quantitative estimate of drug-likeness (QED) is 0.708. The number of fused-ring (bicyclic) bond motifs is 1. The first-order chi connectivity index (χ1) is 12.8. The molecule has 140 valence electrons. The number of benzene rings is 3. The lowest BCUT2D eigenvalue weighted by atomic mass is 10.1. The number of amides is 1. The summed E-state index contributed by atoms with van der Waals surface area (Å²) in [6, 6.07) is 20.1. The van der Waals surface area contributed by atoms with Gasteiger partial charge in [0.25, 0.3) is 5.91 Å². The Morgan fingerprint density at radius 1 is 1.04 bits per heavy atom. The molecule has 0 radical (unpaired) electrons. The molecule has 7 heteroatoms. The molecule has 0 bridgehead atoms. The molecule has 27 heavy (non-hydrogen) atoms. The van der Waals surface area contributed by atoms with Crippen LogP contribution in [0.15, 0.2) is 66.7 Å². The summed E-state index contributed by atoms with van der Waals surface area (Å²) in [5, 5.41) is 4.69. The highest BCUT2D eigenvalue weighted by molar-refractivity contribution is 7.92. The van der Waals surface area contributed by atoms with Crippen LogP contribution in [-0.4, -0.2) is 34.2 Å². The van der Waals surface area contributed by atoms with Crippen LogP contribution in [0.3, 0.4) is 0 Å². The number of nitrogens with one attached hydrogen (secondary N) is 1. The number of rotatable bonds is 6. The fourth-order valence-corrected chi connectivity index (χ4v) is 3.13. The summed E-state index contributed by atoms with van der Waals surface area (Å²) in [6.07, 6.45) is 1.12. The average molecular weight is 384 g/mol. The lowest BCUT2D eigenvalue weighted by Crippen LogP contribution is -2.25. The predicted octanol–water partition coefficient (Wildman–Crippen LogP) is 3.25. The molecule has 6 nitrogen and oxygen atoms in total. The highest BCUT2D eigenvalue weighted by Crippen LogP contribution is 2.25. The molecule has 3 aromatic carbocycles. The number of nitrogens with zero attached hydrogens (tertiary/aromatic N) is 1. The van der Waals surface area contributed by atoms with Crippen molar-refractivity contribution in [2.24, 2.45) is 0 Å². The van der Waals surface area contributed by atoms with Crippen LogP contribution in [0.1, 0.15) is 0 Å². The minimum Gasteiger partial charge on any atom is -0.483 e. The van der Waals surface area contributed by atoms with Crippen molar-refractivity contribution in [3.8, 4) is 5.75 Å². The standard InChI is InChI=1S/C20H20N2O4S/c1-22(27(2,24)25)17-10-6-9-16(13-17)21-20(23)14-26-19-12-5-8-15-7-3-4-11-18(15)19/h3-13H,14H2,1-2H3,(H,21,23). The first kappa shape index (κ1) is 18.7. The summed E-state index contributed by atoms with van der Waals surface area (Å²) >= 11 is 0. The van der Waals surface area contributed by atoms with Crippen LogP contribution >= 0.6 is 0 Å². The zero-order valence-electron chi connectivity index (χ0n) is 15.0. The van der Waals surface area contributed by atoms with Gasteiger partial charge in [-0.1, -0.05) is 42.5 Å². The highest BCUT2D eigenvalue weighted by atomic mass is 32.2. The highest BCUT2D eigenvalue weighted by Gasteiger charge is 2.13. The summed E-state index contributed by atoms with van der Waals surface area (Å²) in [5.74, 6) is 0.302. The van der Waals surface area contributed by atoms with Gasteiger partial charge in [-0.2, -0.15) is 0 Å². The first-order valence-corrected chi connectivity index (χ1v) is 10.1. The van der Waals surface area contributed by atoms with Crippen LogP contribution in [0.5, 0.6) is 5.75 Å². The Labute approximate surface area is 158 Å². The van der Waals surface area contributed by atoms with Crippen LogP contribution in [0.4, 0.5) is 11.4 Å². The van der Waals surface area contributed by atoms with E-state index >= 15 is 0 Å². The van der Waals surface area contributed by atoms with Crippen LogP contribution < -0.4 is 14.4 Å². The Bertz CT molecular complexity index is 1070. The van der Waals surface area contributed by atoms with Crippen LogP contribution in [0, 0.1) is 0 Å². The van der Waals surface area contributed by atoms with Gasteiger partial charge in [-0.25, -0.2) is 8.42 Å². The number of sulfonamides is 1. The van der Waals surface area contributed by atoms with Gasteiger partial charge in [0.1, 0.15) is 5.75 Å². The summed E-state index contributed by atoms with van der Waals surface area (Å²) in [4.78, 5) is 12.2. The third-order valence-corrected chi connectivity index (χ3v) is 5.31. The first-order valence-electron chi connectivity index (χ1n) is 8.29. The number of carbonyl (C=O) groups excluding carboxylic acids is 1. The second-order valence-corrected chi connectivity index (χ2v) is 8.11. The van der Waals surface area contributed by atoms with Crippen molar-refractivity contribution >= 4 is 38.1 Å². The number of ether oxygens (including phenoxy) is 1. The molecule has 0 saturated heterocycles. The van der Waals surface area contributed by atoms with Gasteiger partial charge >= 0.3 is 0 Å². The number of carbonyl (C=O) groups is 1. The van der Waals surface area contributed by atoms with Gasteiger partial charge in [-0.3, -0.25) is 9.10 Å². The SMILES string of the molecule is CN(c1cccc(NC(=O)COc2cccc3ccccc23)c1)S(C)(=O)=O. The number of hydrogen-bond donors (Lipinski definition) is 1. The fraction of sp³-hybridized carbons (Fsp3) is 0.150. The van der Waals surface area contributed by atoms with Crippen molar-refractivity contribution in [1.82, 2.24) is 0 Å². The van der Waals surface area contributed by atoms with Crippen molar-refractivity contribution in [3.05, 3.63) is 66.7 Å². The molecule has 0 saturated carbocycles. The van der Waals surface area contributed by atoms with E-state index < -0.39 is 10.0 Å². The maximum absolute atomic E-state index is 12.2. The van der Waals surface area contributed by atoms with Crippen molar-refractivity contribution < 1.29 is 17.9 Å². The molecule has 1 N–H and O–H groups in total. The van der Waals surface area contributed by atoms with E-state index in [0.717, 1.165) is 21.3 Å². The molecule has 0 aliphatic rings. The van der Waals surface area contributed by atoms with E-state index in [1.165, 1.54) is 7.05 Å². The second-order valence-electron chi connectivity index (χ2n) is 6.09.